The molecule has 0 unspecified atom stereocenters. The van der Waals surface area contributed by atoms with Crippen molar-refractivity contribution in [2.24, 2.45) is 5.41 Å². The lowest BCUT2D eigenvalue weighted by Crippen LogP contribution is -2.39. The Balaban J connectivity index is 1.26. The second-order valence-corrected chi connectivity index (χ2v) is 8.96. The number of nitrogens with one attached hydrogen (secondary N) is 2. The maximum Gasteiger partial charge on any atom is 0.240 e. The van der Waals surface area contributed by atoms with Crippen LogP contribution < -0.4 is 24.8 Å². The highest BCUT2D eigenvalue weighted by molar-refractivity contribution is 6.13. The molecule has 1 saturated carbocycles. The van der Waals surface area contributed by atoms with Crippen LogP contribution in [-0.4, -0.2) is 31.0 Å². The molecule has 1 fully saturated rings. The molecule has 37 heavy (non-hydrogen) atoms. The molecule has 0 bridgehead atoms. The van der Waals surface area contributed by atoms with Gasteiger partial charge in [0.15, 0.2) is 11.5 Å². The molecule has 0 saturated heterocycles. The lowest BCUT2D eigenvalue weighted by molar-refractivity contribution is -0.133. The average molecular weight is 504 g/mol. The molecule has 2 aromatic carbocycles. The molecule has 2 N–H and O–H groups in total. The zero-order valence-electron chi connectivity index (χ0n) is 20.5. The number of hydrogen-bond acceptors (Lipinski definition) is 6. The minimum atomic E-state index is -1.11. The standard InChI is InChI=1S/C28H26FN3O5/c1-35-24-15-21-22(16-25(24)36-2)30-14-11-23(21)37-20-9-7-19(8-10-20)32-27(34)28(12-13-28)26(33)31-18-5-3-17(29)4-6-18/h3,5,7-11,14-16H,4,6,12-13H2,1-2H3,(H,31,33)(H,32,34). The van der Waals surface area contributed by atoms with Gasteiger partial charge in [0, 0.05) is 35.5 Å². The Morgan fingerprint density at radius 1 is 0.892 bits per heavy atom. The fraction of sp³-hybridized carbons (Fsp3) is 0.250. The number of benzene rings is 2. The zero-order valence-corrected chi connectivity index (χ0v) is 20.5. The van der Waals surface area contributed by atoms with Crippen molar-refractivity contribution in [3.63, 3.8) is 0 Å². The number of carbonyl (C=O) groups excluding carboxylic acids is 2. The summed E-state index contributed by atoms with van der Waals surface area (Å²) in [6.07, 6.45) is 6.11. The van der Waals surface area contributed by atoms with E-state index in [1.807, 2.05) is 0 Å². The van der Waals surface area contributed by atoms with Gasteiger partial charge in [0.1, 0.15) is 22.7 Å². The first kappa shape index (κ1) is 24.3. The van der Waals surface area contributed by atoms with E-state index in [0.29, 0.717) is 59.2 Å². The fourth-order valence-electron chi connectivity index (χ4n) is 4.18. The van der Waals surface area contributed by atoms with Crippen molar-refractivity contribution in [2.45, 2.75) is 25.7 Å². The maximum absolute atomic E-state index is 13.2. The minimum Gasteiger partial charge on any atom is -0.493 e. The summed E-state index contributed by atoms with van der Waals surface area (Å²) in [6.45, 7) is 0. The van der Waals surface area contributed by atoms with Gasteiger partial charge in [-0.25, -0.2) is 4.39 Å². The van der Waals surface area contributed by atoms with Crippen LogP contribution in [0.3, 0.4) is 0 Å². The number of amides is 2. The van der Waals surface area contributed by atoms with Gasteiger partial charge in [0.05, 0.1) is 19.7 Å². The quantitative estimate of drug-likeness (QED) is 0.399. The van der Waals surface area contributed by atoms with Crippen LogP contribution in [0.2, 0.25) is 0 Å². The highest BCUT2D eigenvalue weighted by Crippen LogP contribution is 2.47. The van der Waals surface area contributed by atoms with Crippen LogP contribution in [0.15, 0.2) is 72.3 Å². The van der Waals surface area contributed by atoms with Gasteiger partial charge in [-0.05, 0) is 67.8 Å². The van der Waals surface area contributed by atoms with Crippen molar-refractivity contribution in [3.8, 4) is 23.0 Å². The van der Waals surface area contributed by atoms with Crippen LogP contribution in [0.4, 0.5) is 10.1 Å². The Labute approximate surface area is 213 Å². The van der Waals surface area contributed by atoms with Gasteiger partial charge in [0.2, 0.25) is 11.8 Å². The van der Waals surface area contributed by atoms with Crippen LogP contribution in [-0.2, 0) is 9.59 Å². The first-order valence-corrected chi connectivity index (χ1v) is 11.9. The van der Waals surface area contributed by atoms with Gasteiger partial charge in [-0.3, -0.25) is 14.6 Å². The summed E-state index contributed by atoms with van der Waals surface area (Å²) in [7, 11) is 3.13. The summed E-state index contributed by atoms with van der Waals surface area (Å²) < 4.78 is 30.0. The van der Waals surface area contributed by atoms with Gasteiger partial charge < -0.3 is 24.8 Å². The number of carbonyl (C=O) groups is 2. The molecule has 190 valence electrons. The summed E-state index contributed by atoms with van der Waals surface area (Å²) in [4.78, 5) is 30.1. The lowest BCUT2D eigenvalue weighted by atomic mass is 10.0. The molecule has 5 rings (SSSR count). The van der Waals surface area contributed by atoms with Gasteiger partial charge in [-0.1, -0.05) is 0 Å². The normalized spacial score (nSPS) is 15.8. The van der Waals surface area contributed by atoms with Crippen molar-refractivity contribution in [2.75, 3.05) is 19.5 Å². The number of methoxy groups -OCH3 is 2. The summed E-state index contributed by atoms with van der Waals surface area (Å²) in [5.41, 5.74) is 0.749. The molecule has 3 aromatic rings. The zero-order chi connectivity index (χ0) is 26.0. The van der Waals surface area contributed by atoms with E-state index in [-0.39, 0.29) is 24.1 Å². The summed E-state index contributed by atoms with van der Waals surface area (Å²) in [5.74, 6) is 1.34. The Kier molecular flexibility index (Phi) is 6.52. The summed E-state index contributed by atoms with van der Waals surface area (Å²) >= 11 is 0. The molecule has 2 aliphatic carbocycles. The van der Waals surface area contributed by atoms with E-state index >= 15 is 0 Å². The molecule has 2 aliphatic rings. The van der Waals surface area contributed by atoms with Crippen LogP contribution in [0, 0.1) is 5.41 Å². The number of allylic oxidation sites excluding steroid dienone is 4. The number of pyridine rings is 1. The Hall–Kier alpha value is -4.40. The van der Waals surface area contributed by atoms with E-state index in [2.05, 4.69) is 15.6 Å². The molecule has 1 heterocycles. The molecule has 1 aromatic heterocycles. The lowest BCUT2D eigenvalue weighted by Gasteiger charge is -2.18. The molecule has 8 nitrogen and oxygen atoms in total. The van der Waals surface area contributed by atoms with E-state index in [0.717, 1.165) is 5.39 Å². The van der Waals surface area contributed by atoms with Crippen molar-refractivity contribution in [1.82, 2.24) is 10.3 Å². The largest absolute Gasteiger partial charge is 0.493 e. The molecule has 0 radical (unpaired) electrons. The Morgan fingerprint density at radius 3 is 2.24 bits per heavy atom. The summed E-state index contributed by atoms with van der Waals surface area (Å²) in [5, 5.41) is 6.37. The number of fused-ring (bicyclic) bond motifs is 1. The Bertz CT molecular complexity index is 1430. The molecule has 0 atom stereocenters. The van der Waals surface area contributed by atoms with Crippen LogP contribution >= 0.6 is 0 Å². The number of anilines is 1. The smallest absolute Gasteiger partial charge is 0.240 e. The minimum absolute atomic E-state index is 0.221. The highest BCUT2D eigenvalue weighted by Gasteiger charge is 2.56. The van der Waals surface area contributed by atoms with E-state index in [9.17, 15) is 14.0 Å². The summed E-state index contributed by atoms with van der Waals surface area (Å²) in [6, 6.07) is 12.2. The number of hydrogen-bond donors (Lipinski definition) is 2. The average Bonchev–Trinajstić information content (AvgIpc) is 3.73. The van der Waals surface area contributed by atoms with Crippen molar-refractivity contribution in [3.05, 3.63) is 72.3 Å². The SMILES string of the molecule is COc1cc2nccc(Oc3ccc(NC(=O)C4(C(=O)NC5=CC=C(F)CC5)CC4)cc3)c2cc1OC. The predicted octanol–water partition coefficient (Wildman–Crippen LogP) is 5.41. The molecule has 2 amide bonds. The number of aromatic nitrogens is 1. The van der Waals surface area contributed by atoms with Crippen molar-refractivity contribution in [1.29, 1.82) is 0 Å². The van der Waals surface area contributed by atoms with Crippen molar-refractivity contribution < 1.29 is 28.2 Å². The second-order valence-electron chi connectivity index (χ2n) is 8.96. The van der Waals surface area contributed by atoms with Gasteiger partial charge in [-0.15, -0.1) is 0 Å². The van der Waals surface area contributed by atoms with Gasteiger partial charge in [-0.2, -0.15) is 0 Å². The third-order valence-electron chi connectivity index (χ3n) is 6.54. The third kappa shape index (κ3) is 4.97. The van der Waals surface area contributed by atoms with E-state index in [4.69, 9.17) is 14.2 Å². The Morgan fingerprint density at radius 2 is 1.59 bits per heavy atom. The first-order chi connectivity index (χ1) is 17.9. The molecule has 0 spiro atoms. The van der Waals surface area contributed by atoms with E-state index in [1.165, 1.54) is 6.08 Å². The van der Waals surface area contributed by atoms with Crippen molar-refractivity contribution >= 4 is 28.4 Å². The molecular weight excluding hydrogens is 477 g/mol. The molecule has 9 heteroatoms. The fourth-order valence-corrected chi connectivity index (χ4v) is 4.18. The molecule has 0 aliphatic heterocycles. The predicted molar refractivity (Wildman–Crippen MR) is 136 cm³/mol. The third-order valence-corrected chi connectivity index (χ3v) is 6.54. The molecular formula is C28H26FN3O5. The number of halogens is 1. The second kappa shape index (κ2) is 9.93. The highest BCUT2D eigenvalue weighted by atomic mass is 19.1. The first-order valence-electron chi connectivity index (χ1n) is 11.9. The monoisotopic (exact) mass is 503 g/mol. The topological polar surface area (TPSA) is 98.8 Å². The van der Waals surface area contributed by atoms with Crippen LogP contribution in [0.5, 0.6) is 23.0 Å². The van der Waals surface area contributed by atoms with Gasteiger partial charge >= 0.3 is 0 Å². The number of ether oxygens (including phenoxy) is 3. The van der Waals surface area contributed by atoms with E-state index < -0.39 is 5.41 Å². The van der Waals surface area contributed by atoms with Gasteiger partial charge in [0.25, 0.3) is 0 Å². The number of nitrogens with zero attached hydrogens (tertiary/aromatic N) is 1. The van der Waals surface area contributed by atoms with Crippen LogP contribution in [0.25, 0.3) is 10.9 Å². The maximum atomic E-state index is 13.2. The van der Waals surface area contributed by atoms with Crippen LogP contribution in [0.1, 0.15) is 25.7 Å². The number of rotatable bonds is 8. The van der Waals surface area contributed by atoms with E-state index in [1.54, 1.807) is 69.0 Å².